The van der Waals surface area contributed by atoms with Gasteiger partial charge in [-0.2, -0.15) is 4.68 Å². The lowest BCUT2D eigenvalue weighted by Gasteiger charge is -2.09. The molecule has 3 aromatic rings. The fourth-order valence-electron chi connectivity index (χ4n) is 2.11. The molecule has 0 fully saturated rings. The van der Waals surface area contributed by atoms with Gasteiger partial charge in [0.25, 0.3) is 0 Å². The van der Waals surface area contributed by atoms with E-state index < -0.39 is 5.69 Å². The van der Waals surface area contributed by atoms with Gasteiger partial charge in [-0.1, -0.05) is 24.8 Å². The maximum absolute atomic E-state index is 11.7. The third kappa shape index (κ3) is 2.44. The smallest absolute Gasteiger partial charge is 0.365 e. The highest BCUT2D eigenvalue weighted by Crippen LogP contribution is 2.24. The Balaban J connectivity index is 1.95. The minimum Gasteiger partial charge on any atom is -0.488 e. The fraction of sp³-hybridized carbons (Fsp3) is 0.133. The van der Waals surface area contributed by atoms with Crippen LogP contribution in [0.1, 0.15) is 16.9 Å². The number of furan rings is 1. The predicted octanol–water partition coefficient (Wildman–Crippen LogP) is 2.08. The highest BCUT2D eigenvalue weighted by molar-refractivity contribution is 5.53. The summed E-state index contributed by atoms with van der Waals surface area (Å²) in [5.74, 6) is 1.29. The number of rotatable bonds is 5. The van der Waals surface area contributed by atoms with Crippen molar-refractivity contribution in [1.82, 2.24) is 20.2 Å². The molecule has 0 saturated heterocycles. The Morgan fingerprint density at radius 2 is 2.27 bits per heavy atom. The van der Waals surface area contributed by atoms with Crippen molar-refractivity contribution in [2.75, 3.05) is 0 Å². The normalized spacial score (nSPS) is 10.6. The Bertz CT molecular complexity index is 860. The molecular weight excluding hydrogens is 284 g/mol. The van der Waals surface area contributed by atoms with E-state index in [-0.39, 0.29) is 6.61 Å². The summed E-state index contributed by atoms with van der Waals surface area (Å²) in [4.78, 5) is 11.7. The van der Waals surface area contributed by atoms with Gasteiger partial charge in [0.2, 0.25) is 0 Å². The van der Waals surface area contributed by atoms with Crippen molar-refractivity contribution in [2.45, 2.75) is 13.5 Å². The molecule has 7 heteroatoms. The van der Waals surface area contributed by atoms with Crippen LogP contribution in [0.15, 0.2) is 46.3 Å². The second-order valence-corrected chi connectivity index (χ2v) is 4.64. The number of nitrogens with one attached hydrogen (secondary N) is 1. The van der Waals surface area contributed by atoms with Gasteiger partial charge in [-0.05, 0) is 35.1 Å². The summed E-state index contributed by atoms with van der Waals surface area (Å²) >= 11 is 0. The number of aryl methyl sites for hydroxylation is 1. The highest BCUT2D eigenvalue weighted by Gasteiger charge is 2.17. The minimum absolute atomic E-state index is 0.220. The van der Waals surface area contributed by atoms with E-state index >= 15 is 0 Å². The van der Waals surface area contributed by atoms with Gasteiger partial charge in [0, 0.05) is 0 Å². The van der Waals surface area contributed by atoms with Crippen molar-refractivity contribution >= 4 is 6.08 Å². The third-order valence-corrected chi connectivity index (χ3v) is 3.26. The van der Waals surface area contributed by atoms with E-state index in [1.54, 1.807) is 6.08 Å². The van der Waals surface area contributed by atoms with Crippen LogP contribution in [0.25, 0.3) is 11.8 Å². The van der Waals surface area contributed by atoms with Crippen molar-refractivity contribution in [2.24, 2.45) is 0 Å². The summed E-state index contributed by atoms with van der Waals surface area (Å²) in [6.45, 7) is 5.88. The molecule has 112 valence electrons. The monoisotopic (exact) mass is 298 g/mol. The lowest BCUT2D eigenvalue weighted by molar-refractivity contribution is 0.301. The van der Waals surface area contributed by atoms with Crippen molar-refractivity contribution in [3.8, 4) is 11.4 Å². The topological polar surface area (TPSA) is 85.9 Å². The zero-order valence-corrected chi connectivity index (χ0v) is 11.9. The zero-order chi connectivity index (χ0) is 15.5. The second kappa shape index (κ2) is 5.72. The Labute approximate surface area is 125 Å². The van der Waals surface area contributed by atoms with Crippen LogP contribution in [0.3, 0.4) is 0 Å². The maximum atomic E-state index is 11.7. The molecule has 0 aliphatic heterocycles. The number of nitrogens with zero attached hydrogens (tertiary/aromatic N) is 3. The summed E-state index contributed by atoms with van der Waals surface area (Å²) in [5, 5.41) is 9.43. The standard InChI is InChI=1S/C15H14N4O3/c1-3-13-11(8-21-14-7-5-4-6-10(14)2)12(9-22-13)19-15(20)16-17-18-19/h3-7,9H,1,8H2,2H3,(H,16,18,20). The number of para-hydroxylation sites is 1. The Morgan fingerprint density at radius 1 is 1.45 bits per heavy atom. The van der Waals surface area contributed by atoms with E-state index in [4.69, 9.17) is 9.15 Å². The number of H-pyrrole nitrogens is 1. The molecule has 0 radical (unpaired) electrons. The largest absolute Gasteiger partial charge is 0.488 e. The molecule has 3 rings (SSSR count). The van der Waals surface area contributed by atoms with Crippen LogP contribution in [0.2, 0.25) is 0 Å². The van der Waals surface area contributed by atoms with Crippen LogP contribution >= 0.6 is 0 Å². The molecule has 0 bridgehead atoms. The van der Waals surface area contributed by atoms with Gasteiger partial charge in [-0.25, -0.2) is 9.89 Å². The summed E-state index contributed by atoms with van der Waals surface area (Å²) < 4.78 is 12.3. The van der Waals surface area contributed by atoms with Crippen LogP contribution < -0.4 is 10.4 Å². The molecule has 0 atom stereocenters. The first kappa shape index (κ1) is 13.9. The predicted molar refractivity (Wildman–Crippen MR) is 79.8 cm³/mol. The first-order valence-corrected chi connectivity index (χ1v) is 6.62. The fourth-order valence-corrected chi connectivity index (χ4v) is 2.11. The lowest BCUT2D eigenvalue weighted by Crippen LogP contribution is -2.17. The molecule has 0 aliphatic carbocycles. The molecule has 22 heavy (non-hydrogen) atoms. The van der Waals surface area contributed by atoms with Gasteiger partial charge in [0.05, 0.1) is 5.56 Å². The number of tetrazole rings is 1. The number of ether oxygens (including phenoxy) is 1. The van der Waals surface area contributed by atoms with Gasteiger partial charge >= 0.3 is 5.69 Å². The summed E-state index contributed by atoms with van der Waals surface area (Å²) in [5.41, 5.74) is 1.72. The van der Waals surface area contributed by atoms with Gasteiger partial charge in [0.15, 0.2) is 0 Å². The van der Waals surface area contributed by atoms with E-state index in [1.807, 2.05) is 31.2 Å². The molecule has 0 saturated carbocycles. The van der Waals surface area contributed by atoms with Crippen LogP contribution in [-0.4, -0.2) is 20.2 Å². The quantitative estimate of drug-likeness (QED) is 0.779. The molecule has 2 heterocycles. The first-order chi connectivity index (χ1) is 10.7. The SMILES string of the molecule is C=Cc1occ(-n2nn[nH]c2=O)c1COc1ccccc1C. The van der Waals surface area contributed by atoms with Crippen molar-refractivity contribution < 1.29 is 9.15 Å². The number of hydrogen-bond acceptors (Lipinski definition) is 5. The van der Waals surface area contributed by atoms with Crippen LogP contribution in [0.4, 0.5) is 0 Å². The molecule has 0 spiro atoms. The van der Waals surface area contributed by atoms with E-state index in [0.29, 0.717) is 17.0 Å². The minimum atomic E-state index is -0.450. The molecular formula is C15H14N4O3. The Morgan fingerprint density at radius 3 is 2.95 bits per heavy atom. The van der Waals surface area contributed by atoms with E-state index in [1.165, 1.54) is 6.26 Å². The average molecular weight is 298 g/mol. The summed E-state index contributed by atoms with van der Waals surface area (Å²) in [6, 6.07) is 7.68. The van der Waals surface area contributed by atoms with Crippen LogP contribution in [0.5, 0.6) is 5.75 Å². The van der Waals surface area contributed by atoms with Gasteiger partial charge in [-0.15, -0.1) is 0 Å². The molecule has 0 amide bonds. The van der Waals surface area contributed by atoms with Gasteiger partial charge in [0.1, 0.15) is 30.1 Å². The number of benzene rings is 1. The molecule has 7 nitrogen and oxygen atoms in total. The van der Waals surface area contributed by atoms with E-state index in [9.17, 15) is 4.79 Å². The maximum Gasteiger partial charge on any atom is 0.365 e. The molecule has 1 aromatic carbocycles. The number of hydrogen-bond donors (Lipinski definition) is 1. The van der Waals surface area contributed by atoms with Crippen LogP contribution in [-0.2, 0) is 6.61 Å². The first-order valence-electron chi connectivity index (χ1n) is 6.62. The van der Waals surface area contributed by atoms with Crippen LogP contribution in [0, 0.1) is 6.92 Å². The lowest BCUT2D eigenvalue weighted by atomic mass is 10.2. The highest BCUT2D eigenvalue weighted by atomic mass is 16.5. The summed E-state index contributed by atoms with van der Waals surface area (Å²) in [6.07, 6.45) is 2.99. The number of aromatic amines is 1. The number of aromatic nitrogens is 4. The molecule has 1 N–H and O–H groups in total. The van der Waals surface area contributed by atoms with Gasteiger partial charge in [-0.3, -0.25) is 0 Å². The molecule has 0 aliphatic rings. The van der Waals surface area contributed by atoms with E-state index in [0.717, 1.165) is 16.0 Å². The average Bonchev–Trinajstić information content (AvgIpc) is 3.11. The van der Waals surface area contributed by atoms with Gasteiger partial charge < -0.3 is 9.15 Å². The van der Waals surface area contributed by atoms with Crippen molar-refractivity contribution in [3.63, 3.8) is 0 Å². The Kier molecular flexibility index (Phi) is 3.61. The van der Waals surface area contributed by atoms with E-state index in [2.05, 4.69) is 22.1 Å². The zero-order valence-electron chi connectivity index (χ0n) is 11.9. The summed E-state index contributed by atoms with van der Waals surface area (Å²) in [7, 11) is 0. The molecule has 0 unspecified atom stereocenters. The molecule has 2 aromatic heterocycles. The Hall–Kier alpha value is -3.09. The van der Waals surface area contributed by atoms with Crippen molar-refractivity contribution in [1.29, 1.82) is 0 Å². The van der Waals surface area contributed by atoms with Crippen molar-refractivity contribution in [3.05, 3.63) is 64.5 Å². The second-order valence-electron chi connectivity index (χ2n) is 4.64. The third-order valence-electron chi connectivity index (χ3n) is 3.26.